The largest absolute Gasteiger partial charge is 0.369 e. The van der Waals surface area contributed by atoms with Gasteiger partial charge < -0.3 is 14.5 Å². The first-order chi connectivity index (χ1) is 12.4. The maximum absolute atomic E-state index is 13.8. The zero-order valence-electron chi connectivity index (χ0n) is 15.4. The Morgan fingerprint density at radius 2 is 2.19 bits per heavy atom. The third kappa shape index (κ3) is 3.03. The Kier molecular flexibility index (Phi) is 4.51. The molecule has 0 saturated carbocycles. The van der Waals surface area contributed by atoms with Crippen molar-refractivity contribution in [3.63, 3.8) is 0 Å². The monoisotopic (exact) mass is 364 g/mol. The fourth-order valence-corrected chi connectivity index (χ4v) is 5.17. The van der Waals surface area contributed by atoms with E-state index in [1.165, 1.54) is 12.1 Å². The van der Waals surface area contributed by atoms with Gasteiger partial charge in [0.25, 0.3) is 0 Å². The Morgan fingerprint density at radius 3 is 2.92 bits per heavy atom. The molecule has 3 saturated heterocycles. The van der Waals surface area contributed by atoms with Gasteiger partial charge in [0.15, 0.2) is 0 Å². The van der Waals surface area contributed by atoms with Gasteiger partial charge in [0.2, 0.25) is 5.91 Å². The number of carbonyl (C=O) groups is 1. The Hall–Kier alpha value is -1.53. The van der Waals surface area contributed by atoms with E-state index >= 15 is 0 Å². The highest BCUT2D eigenvalue weighted by atomic mass is 19.1. The van der Waals surface area contributed by atoms with E-state index in [0.717, 1.165) is 32.0 Å². The summed E-state index contributed by atoms with van der Waals surface area (Å²) >= 11 is 0. The molecule has 3 aliphatic heterocycles. The third-order valence-corrected chi connectivity index (χ3v) is 6.34. The number of hydrogen-bond acceptors (Lipinski definition) is 3. The molecule has 3 aliphatic rings. The summed E-state index contributed by atoms with van der Waals surface area (Å²) < 4.78 is 33.1. The van der Waals surface area contributed by atoms with Crippen LogP contribution in [0.3, 0.4) is 0 Å². The Balaban J connectivity index is 1.39. The van der Waals surface area contributed by atoms with Crippen molar-refractivity contribution < 1.29 is 18.3 Å². The van der Waals surface area contributed by atoms with Crippen molar-refractivity contribution in [1.29, 1.82) is 0 Å². The first-order valence-electron chi connectivity index (χ1n) is 9.42. The Morgan fingerprint density at radius 1 is 1.38 bits per heavy atom. The second kappa shape index (κ2) is 6.57. The predicted molar refractivity (Wildman–Crippen MR) is 93.6 cm³/mol. The average molecular weight is 364 g/mol. The molecule has 0 aromatic heterocycles. The van der Waals surface area contributed by atoms with Gasteiger partial charge in [0.1, 0.15) is 11.6 Å². The first-order valence-corrected chi connectivity index (χ1v) is 9.42. The van der Waals surface area contributed by atoms with Gasteiger partial charge >= 0.3 is 0 Å². The molecule has 1 aromatic rings. The molecular weight excluding hydrogens is 338 g/mol. The van der Waals surface area contributed by atoms with Crippen molar-refractivity contribution in [3.05, 3.63) is 35.4 Å². The number of likely N-dealkylation sites (tertiary alicyclic amines) is 1. The fraction of sp³-hybridized carbons (Fsp3) is 0.650. The van der Waals surface area contributed by atoms with Crippen LogP contribution in [0.25, 0.3) is 0 Å². The molecule has 0 radical (unpaired) electrons. The molecule has 0 aliphatic carbocycles. The van der Waals surface area contributed by atoms with E-state index in [1.54, 1.807) is 0 Å². The fourth-order valence-electron chi connectivity index (χ4n) is 5.17. The SMILES string of the molecule is CN(C)C[C@H]1[C@H]2CN(C(=O)CCc3ccc(F)cc3F)C[C@]23CC[C@H]1O3. The number of ether oxygens (including phenoxy) is 1. The Bertz CT molecular complexity index is 711. The number of amides is 1. The lowest BCUT2D eigenvalue weighted by atomic mass is 9.73. The highest BCUT2D eigenvalue weighted by molar-refractivity contribution is 5.77. The number of fused-ring (bicyclic) bond motifs is 1. The van der Waals surface area contributed by atoms with Crippen molar-refractivity contribution in [2.75, 3.05) is 33.7 Å². The van der Waals surface area contributed by atoms with Gasteiger partial charge in [-0.2, -0.15) is 0 Å². The van der Waals surface area contributed by atoms with E-state index in [0.29, 0.717) is 36.5 Å². The minimum atomic E-state index is -0.594. The molecule has 26 heavy (non-hydrogen) atoms. The minimum absolute atomic E-state index is 0.0353. The van der Waals surface area contributed by atoms with Crippen LogP contribution in [0.1, 0.15) is 24.8 Å². The van der Waals surface area contributed by atoms with Crippen LogP contribution >= 0.6 is 0 Å². The molecule has 2 bridgehead atoms. The zero-order chi connectivity index (χ0) is 18.5. The predicted octanol–water partition coefficient (Wildman–Crippen LogP) is 2.47. The van der Waals surface area contributed by atoms with E-state index in [1.807, 2.05) is 4.90 Å². The standard InChI is InChI=1S/C20H26F2N2O2/c1-23(2)10-15-16-11-24(12-20(16)8-7-18(15)26-20)19(25)6-4-13-3-5-14(21)9-17(13)22/h3,5,9,15-16,18H,4,6-8,10-12H2,1-2H3/t15-,16+,18+,20+/m0/s1. The molecule has 0 unspecified atom stereocenters. The molecule has 4 rings (SSSR count). The second-order valence-electron chi connectivity index (χ2n) is 8.30. The first kappa shape index (κ1) is 17.9. The lowest BCUT2D eigenvalue weighted by Crippen LogP contribution is -2.40. The topological polar surface area (TPSA) is 32.8 Å². The van der Waals surface area contributed by atoms with E-state index in [-0.39, 0.29) is 17.9 Å². The molecule has 1 aromatic carbocycles. The van der Waals surface area contributed by atoms with Crippen LogP contribution in [0.2, 0.25) is 0 Å². The number of rotatable bonds is 5. The molecule has 3 fully saturated rings. The highest BCUT2D eigenvalue weighted by Gasteiger charge is 2.63. The molecule has 6 heteroatoms. The maximum atomic E-state index is 13.8. The number of nitrogens with zero attached hydrogens (tertiary/aromatic N) is 2. The van der Waals surface area contributed by atoms with Gasteiger partial charge in [-0.1, -0.05) is 6.07 Å². The van der Waals surface area contributed by atoms with Gasteiger partial charge in [0.05, 0.1) is 18.2 Å². The van der Waals surface area contributed by atoms with E-state index in [4.69, 9.17) is 4.74 Å². The summed E-state index contributed by atoms with van der Waals surface area (Å²) in [6.45, 7) is 2.38. The molecule has 3 heterocycles. The van der Waals surface area contributed by atoms with Gasteiger partial charge in [-0.05, 0) is 45.0 Å². The summed E-state index contributed by atoms with van der Waals surface area (Å²) in [7, 11) is 4.15. The Labute approximate surface area is 153 Å². The van der Waals surface area contributed by atoms with Crippen molar-refractivity contribution in [1.82, 2.24) is 9.80 Å². The lowest BCUT2D eigenvalue weighted by Gasteiger charge is -2.30. The normalized spacial score (nSPS) is 32.5. The molecule has 0 N–H and O–H groups in total. The zero-order valence-corrected chi connectivity index (χ0v) is 15.4. The van der Waals surface area contributed by atoms with Gasteiger partial charge in [-0.3, -0.25) is 4.79 Å². The lowest BCUT2D eigenvalue weighted by molar-refractivity contribution is -0.131. The van der Waals surface area contributed by atoms with Crippen LogP contribution in [0.15, 0.2) is 18.2 Å². The molecular formula is C20H26F2N2O2. The van der Waals surface area contributed by atoms with E-state index < -0.39 is 11.6 Å². The number of aryl methyl sites for hydroxylation is 1. The maximum Gasteiger partial charge on any atom is 0.223 e. The molecule has 1 amide bonds. The van der Waals surface area contributed by atoms with Crippen LogP contribution in [-0.2, 0) is 16.0 Å². The quantitative estimate of drug-likeness (QED) is 0.805. The van der Waals surface area contributed by atoms with Crippen LogP contribution < -0.4 is 0 Å². The van der Waals surface area contributed by atoms with Gasteiger partial charge in [-0.25, -0.2) is 8.78 Å². The summed E-state index contributed by atoms with van der Waals surface area (Å²) in [6, 6.07) is 3.53. The summed E-state index contributed by atoms with van der Waals surface area (Å²) in [5.74, 6) is -0.263. The van der Waals surface area contributed by atoms with Crippen LogP contribution in [0, 0.1) is 23.5 Å². The smallest absolute Gasteiger partial charge is 0.223 e. The summed E-state index contributed by atoms with van der Waals surface area (Å²) in [6.07, 6.45) is 2.98. The van der Waals surface area contributed by atoms with Crippen LogP contribution in [-0.4, -0.2) is 61.1 Å². The number of halogens is 2. The summed E-state index contributed by atoms with van der Waals surface area (Å²) in [5, 5.41) is 0. The number of hydrogen-bond donors (Lipinski definition) is 0. The molecule has 1 spiro atoms. The summed E-state index contributed by atoms with van der Waals surface area (Å²) in [5.41, 5.74) is 0.224. The number of carbonyl (C=O) groups excluding carboxylic acids is 1. The molecule has 4 atom stereocenters. The van der Waals surface area contributed by atoms with Gasteiger partial charge in [-0.15, -0.1) is 0 Å². The van der Waals surface area contributed by atoms with Gasteiger partial charge in [0, 0.05) is 37.4 Å². The van der Waals surface area contributed by atoms with Crippen LogP contribution in [0.5, 0.6) is 0 Å². The molecule has 4 nitrogen and oxygen atoms in total. The highest BCUT2D eigenvalue weighted by Crippen LogP contribution is 2.54. The van der Waals surface area contributed by atoms with Crippen molar-refractivity contribution in [3.8, 4) is 0 Å². The van der Waals surface area contributed by atoms with E-state index in [9.17, 15) is 13.6 Å². The van der Waals surface area contributed by atoms with Crippen molar-refractivity contribution in [2.24, 2.45) is 11.8 Å². The van der Waals surface area contributed by atoms with Crippen LogP contribution in [0.4, 0.5) is 8.78 Å². The second-order valence-corrected chi connectivity index (χ2v) is 8.30. The minimum Gasteiger partial charge on any atom is -0.369 e. The third-order valence-electron chi connectivity index (χ3n) is 6.34. The summed E-state index contributed by atoms with van der Waals surface area (Å²) in [4.78, 5) is 16.8. The van der Waals surface area contributed by atoms with Crippen molar-refractivity contribution in [2.45, 2.75) is 37.4 Å². The number of benzene rings is 1. The van der Waals surface area contributed by atoms with E-state index in [2.05, 4.69) is 19.0 Å². The molecule has 142 valence electrons. The average Bonchev–Trinajstić information content (AvgIpc) is 3.23. The van der Waals surface area contributed by atoms with Crippen molar-refractivity contribution >= 4 is 5.91 Å².